The number of halogens is 1. The zero-order valence-electron chi connectivity index (χ0n) is 31.1. The smallest absolute Gasteiger partial charge is 0.341 e. The van der Waals surface area contributed by atoms with Gasteiger partial charge in [-0.1, -0.05) is 36.7 Å². The van der Waals surface area contributed by atoms with Gasteiger partial charge < -0.3 is 49.5 Å². The van der Waals surface area contributed by atoms with Crippen LogP contribution < -0.4 is 5.73 Å². The number of hydrogen-bond acceptors (Lipinski definition) is 14. The molecule has 9 rings (SSSR count). The molecule has 0 aromatic heterocycles. The fraction of sp³-hybridized carbons (Fsp3) is 0.744. The minimum absolute atomic E-state index is 0.229. The molecule has 15 heteroatoms. The molecular weight excluding hydrogens is 770 g/mol. The van der Waals surface area contributed by atoms with Crippen molar-refractivity contribution in [2.45, 2.75) is 121 Å². The maximum absolute atomic E-state index is 14.4. The van der Waals surface area contributed by atoms with Crippen LogP contribution in [0, 0.1) is 57.7 Å². The molecule has 0 bridgehead atoms. The molecule has 2 unspecified atom stereocenters. The molecule has 54 heavy (non-hydrogen) atoms. The Kier molecular flexibility index (Phi) is 7.70. The molecule has 8 fully saturated rings. The molecule has 1 aromatic carbocycles. The predicted octanol–water partition coefficient (Wildman–Crippen LogP) is 1.87. The van der Waals surface area contributed by atoms with Crippen LogP contribution in [0.15, 0.2) is 28.7 Å². The number of fused-ring (bicyclic) bond motifs is 9. The highest BCUT2D eigenvalue weighted by Crippen LogP contribution is 2.81. The lowest BCUT2D eigenvalue weighted by molar-refractivity contribution is -0.283. The summed E-state index contributed by atoms with van der Waals surface area (Å²) in [5.41, 5.74) is 1.16. The summed E-state index contributed by atoms with van der Waals surface area (Å²) in [6.07, 6.45) is -6.97. The Morgan fingerprint density at radius 1 is 0.907 bits per heavy atom. The van der Waals surface area contributed by atoms with Gasteiger partial charge in [0.2, 0.25) is 5.79 Å². The lowest BCUT2D eigenvalue weighted by Gasteiger charge is -2.67. The van der Waals surface area contributed by atoms with E-state index >= 15 is 0 Å². The standard InChI is InChI=1S/C39H48BrNO13/c1-13-21-24(37(6)38(7,48)34(47)54-39(37)31(13)53-39)28(52-33(46)16-8-10-17(40)11-9-16)22-20-23(29(49-14(2)42)32(36(21,22)5)50-15(3)43)35(4)18(25(41)26(20)44)12-19-27(51-19)30(35)45/h8-11,13,18-32,44-45,48H,12,41H2,1-7H3/t13-,18+,19-,20?,21-,22+,23?,24-,25-,26+,27-,28+,29-,30-,31+,32-,35-,36+,37-,38+,39-/m0/s1. The zero-order valence-corrected chi connectivity index (χ0v) is 32.7. The van der Waals surface area contributed by atoms with E-state index in [1.165, 1.54) is 20.8 Å². The van der Waals surface area contributed by atoms with Gasteiger partial charge in [-0.05, 0) is 62.3 Å². The molecule has 294 valence electrons. The Bertz CT molecular complexity index is 1840. The number of carbonyl (C=O) groups excluding carboxylic acids is 4. The van der Waals surface area contributed by atoms with Crippen LogP contribution in [0.4, 0.5) is 0 Å². The number of carbonyl (C=O) groups is 4. The lowest BCUT2D eigenvalue weighted by Crippen LogP contribution is -2.76. The van der Waals surface area contributed by atoms with Crippen molar-refractivity contribution in [1.29, 1.82) is 0 Å². The van der Waals surface area contributed by atoms with Crippen molar-refractivity contribution < 1.29 is 62.9 Å². The largest absolute Gasteiger partial charge is 0.458 e. The molecule has 0 radical (unpaired) electrons. The van der Waals surface area contributed by atoms with Gasteiger partial charge in [0.15, 0.2) is 5.60 Å². The number of aliphatic hydroxyl groups is 3. The van der Waals surface area contributed by atoms with Gasteiger partial charge in [-0.2, -0.15) is 0 Å². The highest BCUT2D eigenvalue weighted by molar-refractivity contribution is 9.10. The Hall–Kier alpha value is -2.66. The average molecular weight is 819 g/mol. The highest BCUT2D eigenvalue weighted by atomic mass is 79.9. The Balaban J connectivity index is 1.31. The van der Waals surface area contributed by atoms with Crippen LogP contribution in [0.25, 0.3) is 0 Å². The molecule has 0 amide bonds. The average Bonchev–Trinajstić information content (AvgIpc) is 4.00. The van der Waals surface area contributed by atoms with Crippen molar-refractivity contribution in [3.8, 4) is 0 Å². The third kappa shape index (κ3) is 4.22. The van der Waals surface area contributed by atoms with Crippen LogP contribution in [-0.4, -0.2) is 105 Å². The minimum atomic E-state index is -2.14. The second-order valence-corrected chi connectivity index (χ2v) is 19.0. The number of rotatable bonds is 4. The Morgan fingerprint density at radius 2 is 1.54 bits per heavy atom. The molecule has 1 spiro atoms. The van der Waals surface area contributed by atoms with E-state index in [1.54, 1.807) is 31.2 Å². The number of esters is 4. The maximum atomic E-state index is 14.4. The van der Waals surface area contributed by atoms with Gasteiger partial charge in [0, 0.05) is 58.9 Å². The molecule has 3 saturated heterocycles. The molecule has 5 N–H and O–H groups in total. The topological polar surface area (TPSA) is 217 Å². The molecule has 5 aliphatic carbocycles. The first-order valence-corrected chi connectivity index (χ1v) is 19.7. The fourth-order valence-corrected chi connectivity index (χ4v) is 14.0. The zero-order chi connectivity index (χ0) is 39.0. The van der Waals surface area contributed by atoms with Crippen molar-refractivity contribution >= 4 is 39.8 Å². The van der Waals surface area contributed by atoms with E-state index in [2.05, 4.69) is 15.9 Å². The van der Waals surface area contributed by atoms with Crippen molar-refractivity contribution in [2.75, 3.05) is 0 Å². The van der Waals surface area contributed by atoms with E-state index in [-0.39, 0.29) is 11.7 Å². The van der Waals surface area contributed by atoms with Gasteiger partial charge in [0.25, 0.3) is 0 Å². The summed E-state index contributed by atoms with van der Waals surface area (Å²) in [7, 11) is 0. The molecule has 3 aliphatic heterocycles. The summed E-state index contributed by atoms with van der Waals surface area (Å²) in [5, 5.41) is 37.1. The monoisotopic (exact) mass is 817 g/mol. The second kappa shape index (κ2) is 11.3. The summed E-state index contributed by atoms with van der Waals surface area (Å²) < 4.78 is 38.3. The second-order valence-electron chi connectivity index (χ2n) is 18.1. The van der Waals surface area contributed by atoms with E-state index in [9.17, 15) is 34.5 Å². The molecule has 1 aromatic rings. The van der Waals surface area contributed by atoms with Gasteiger partial charge in [-0.25, -0.2) is 9.59 Å². The lowest BCUT2D eigenvalue weighted by atomic mass is 9.40. The van der Waals surface area contributed by atoms with Gasteiger partial charge >= 0.3 is 23.9 Å². The number of hydrogen-bond donors (Lipinski definition) is 4. The van der Waals surface area contributed by atoms with E-state index in [1.807, 2.05) is 20.8 Å². The number of ether oxygens (including phenoxy) is 6. The van der Waals surface area contributed by atoms with Crippen molar-refractivity contribution in [3.05, 3.63) is 34.3 Å². The first-order valence-electron chi connectivity index (χ1n) is 18.9. The Morgan fingerprint density at radius 3 is 2.17 bits per heavy atom. The maximum Gasteiger partial charge on any atom is 0.341 e. The molecule has 8 aliphatic rings. The van der Waals surface area contributed by atoms with E-state index in [0.717, 1.165) is 4.47 Å². The van der Waals surface area contributed by atoms with Crippen molar-refractivity contribution in [1.82, 2.24) is 0 Å². The SMILES string of the molecule is CC(=O)O[C@H]1C2C([C@@H](O)[C@@H](N)[C@H]3C[C@@H]4O[C@@H]4[C@H](O)[C@]23C)[C@@H]2[C@@H](OC(=O)c3ccc(Br)cc3)[C@@H]3[C@H]([C@H](C)[C@H]4O[C@]45OC(=O)[C@@](C)(O)[C@]35C)[C@@]2(C)[C@H]1OC(C)=O. The van der Waals surface area contributed by atoms with Gasteiger partial charge in [-0.3, -0.25) is 9.59 Å². The summed E-state index contributed by atoms with van der Waals surface area (Å²) in [5.74, 6) is -9.67. The highest BCUT2D eigenvalue weighted by Gasteiger charge is 2.93. The number of aliphatic hydroxyl groups excluding tert-OH is 2. The molecule has 3 heterocycles. The first-order chi connectivity index (χ1) is 25.2. The third-order valence-electron chi connectivity index (χ3n) is 16.1. The third-order valence-corrected chi connectivity index (χ3v) is 16.6. The molecule has 14 nitrogen and oxygen atoms in total. The summed E-state index contributed by atoms with van der Waals surface area (Å²) in [6, 6.07) is 5.73. The van der Waals surface area contributed by atoms with Crippen LogP contribution in [-0.2, 0) is 42.8 Å². The first kappa shape index (κ1) is 36.9. The number of benzene rings is 1. The minimum Gasteiger partial charge on any atom is -0.458 e. The summed E-state index contributed by atoms with van der Waals surface area (Å²) in [4.78, 5) is 54.5. The van der Waals surface area contributed by atoms with Gasteiger partial charge in [-0.15, -0.1) is 0 Å². The fourth-order valence-electron chi connectivity index (χ4n) is 13.7. The predicted molar refractivity (Wildman–Crippen MR) is 186 cm³/mol. The quantitative estimate of drug-likeness (QED) is 0.194. The molecular formula is C39H48BrNO13. The van der Waals surface area contributed by atoms with Crippen LogP contribution >= 0.6 is 15.9 Å². The van der Waals surface area contributed by atoms with Crippen LogP contribution in [0.3, 0.4) is 0 Å². The molecule has 21 atom stereocenters. The number of epoxide rings is 2. The van der Waals surface area contributed by atoms with Crippen molar-refractivity contribution in [3.63, 3.8) is 0 Å². The Labute approximate surface area is 320 Å². The normalized spacial score (nSPS) is 55.6. The van der Waals surface area contributed by atoms with Gasteiger partial charge in [0.05, 0.1) is 29.3 Å². The van der Waals surface area contributed by atoms with E-state index in [4.69, 9.17) is 34.2 Å². The van der Waals surface area contributed by atoms with Crippen LogP contribution in [0.1, 0.15) is 65.2 Å². The number of nitrogens with two attached hydrogens (primary N) is 1. The van der Waals surface area contributed by atoms with E-state index < -0.39 is 142 Å². The van der Waals surface area contributed by atoms with Crippen LogP contribution in [0.2, 0.25) is 0 Å². The summed E-state index contributed by atoms with van der Waals surface area (Å²) >= 11 is 3.41. The summed E-state index contributed by atoms with van der Waals surface area (Å²) in [6.45, 7) is 11.3. The van der Waals surface area contributed by atoms with Gasteiger partial charge in [0.1, 0.15) is 30.5 Å². The van der Waals surface area contributed by atoms with Crippen molar-refractivity contribution in [2.24, 2.45) is 63.4 Å². The van der Waals surface area contributed by atoms with E-state index in [0.29, 0.717) is 6.42 Å². The molecule has 5 saturated carbocycles. The van der Waals surface area contributed by atoms with Crippen LogP contribution in [0.5, 0.6) is 0 Å².